The molecule has 0 aromatic rings. The zero-order chi connectivity index (χ0) is 13.2. The van der Waals surface area contributed by atoms with Crippen LogP contribution in [0.4, 0.5) is 0 Å². The van der Waals surface area contributed by atoms with E-state index in [-0.39, 0.29) is 11.8 Å². The van der Waals surface area contributed by atoms with Gasteiger partial charge in [-0.15, -0.1) is 0 Å². The highest BCUT2D eigenvalue weighted by atomic mass is 16.5. The Balaban J connectivity index is 2.05. The molecule has 1 amide bonds. The van der Waals surface area contributed by atoms with E-state index in [9.17, 15) is 9.90 Å². The molecule has 2 fully saturated rings. The summed E-state index contributed by atoms with van der Waals surface area (Å²) in [7, 11) is 0. The fourth-order valence-corrected chi connectivity index (χ4v) is 2.84. The molecule has 5 heteroatoms. The number of carbonyl (C=O) groups is 1. The van der Waals surface area contributed by atoms with Gasteiger partial charge in [0.15, 0.2) is 0 Å². The molecule has 0 radical (unpaired) electrons. The first-order chi connectivity index (χ1) is 8.59. The second-order valence-corrected chi connectivity index (χ2v) is 5.68. The van der Waals surface area contributed by atoms with Crippen molar-refractivity contribution in [2.24, 2.45) is 17.1 Å². The summed E-state index contributed by atoms with van der Waals surface area (Å²) >= 11 is 0. The van der Waals surface area contributed by atoms with Crippen molar-refractivity contribution in [3.63, 3.8) is 0 Å². The summed E-state index contributed by atoms with van der Waals surface area (Å²) in [6.45, 7) is 4.80. The fraction of sp³-hybridized carbons (Fsp3) is 0.923. The highest BCUT2D eigenvalue weighted by Crippen LogP contribution is 2.33. The van der Waals surface area contributed by atoms with Gasteiger partial charge in [-0.3, -0.25) is 4.79 Å². The van der Waals surface area contributed by atoms with Crippen LogP contribution in [0.1, 0.15) is 26.2 Å². The van der Waals surface area contributed by atoms with E-state index < -0.39 is 11.5 Å². The minimum atomic E-state index is -0.460. The maximum atomic E-state index is 12.6. The van der Waals surface area contributed by atoms with Gasteiger partial charge in [0.1, 0.15) is 0 Å². The maximum Gasteiger partial charge on any atom is 0.230 e. The lowest BCUT2D eigenvalue weighted by Gasteiger charge is -2.42. The summed E-state index contributed by atoms with van der Waals surface area (Å²) in [6, 6.07) is 0. The van der Waals surface area contributed by atoms with Crippen molar-refractivity contribution in [2.45, 2.75) is 32.3 Å². The third kappa shape index (κ3) is 2.53. The molecule has 104 valence electrons. The number of likely N-dealkylation sites (tertiary alicyclic amines) is 1. The summed E-state index contributed by atoms with van der Waals surface area (Å²) in [6.07, 6.45) is 1.86. The van der Waals surface area contributed by atoms with Gasteiger partial charge in [0, 0.05) is 32.8 Å². The lowest BCUT2D eigenvalue weighted by atomic mass is 9.78. The number of β-amino-alcohol motifs (C(OH)–C–C–N with tert-alkyl or cyclic N) is 1. The molecule has 2 aliphatic rings. The van der Waals surface area contributed by atoms with Gasteiger partial charge >= 0.3 is 0 Å². The Morgan fingerprint density at radius 2 is 2.17 bits per heavy atom. The molecular formula is C13H24N2O3. The van der Waals surface area contributed by atoms with E-state index >= 15 is 0 Å². The molecule has 0 bridgehead atoms. The minimum Gasteiger partial charge on any atom is -0.391 e. The molecule has 0 aliphatic carbocycles. The normalized spacial score (nSPS) is 32.3. The molecule has 2 saturated heterocycles. The number of carbonyl (C=O) groups excluding carboxylic acids is 1. The molecule has 3 N–H and O–H groups in total. The van der Waals surface area contributed by atoms with E-state index in [4.69, 9.17) is 10.5 Å². The van der Waals surface area contributed by atoms with E-state index in [1.807, 2.05) is 6.92 Å². The molecule has 0 spiro atoms. The molecule has 0 aromatic heterocycles. The zero-order valence-corrected chi connectivity index (χ0v) is 11.1. The number of nitrogens with two attached hydrogens (primary N) is 1. The summed E-state index contributed by atoms with van der Waals surface area (Å²) in [4.78, 5) is 14.4. The van der Waals surface area contributed by atoms with Crippen molar-refractivity contribution in [1.82, 2.24) is 4.90 Å². The maximum absolute atomic E-state index is 12.6. The molecular weight excluding hydrogens is 232 g/mol. The number of hydrogen-bond acceptors (Lipinski definition) is 4. The van der Waals surface area contributed by atoms with Crippen LogP contribution in [0.3, 0.4) is 0 Å². The van der Waals surface area contributed by atoms with Gasteiger partial charge in [0.2, 0.25) is 5.91 Å². The number of ether oxygens (including phenoxy) is 1. The second kappa shape index (κ2) is 5.55. The molecule has 2 atom stereocenters. The van der Waals surface area contributed by atoms with Gasteiger partial charge in [0.25, 0.3) is 0 Å². The first-order valence-corrected chi connectivity index (χ1v) is 6.84. The average Bonchev–Trinajstić information content (AvgIpc) is 2.42. The van der Waals surface area contributed by atoms with Crippen molar-refractivity contribution in [2.75, 3.05) is 32.8 Å². The van der Waals surface area contributed by atoms with Crippen molar-refractivity contribution < 1.29 is 14.6 Å². The highest BCUT2D eigenvalue weighted by molar-refractivity contribution is 5.83. The number of hydrogen-bond donors (Lipinski definition) is 2. The van der Waals surface area contributed by atoms with Gasteiger partial charge in [-0.1, -0.05) is 6.92 Å². The summed E-state index contributed by atoms with van der Waals surface area (Å²) in [5.74, 6) is 0.386. The van der Waals surface area contributed by atoms with Crippen LogP contribution in [0.25, 0.3) is 0 Å². The fourth-order valence-electron chi connectivity index (χ4n) is 2.84. The number of rotatable bonds is 2. The van der Waals surface area contributed by atoms with Gasteiger partial charge in [-0.05, 0) is 25.2 Å². The zero-order valence-electron chi connectivity index (χ0n) is 11.1. The lowest BCUT2D eigenvalue weighted by molar-refractivity contribution is -0.151. The minimum absolute atomic E-state index is 0.110. The predicted octanol–water partition coefficient (Wildman–Crippen LogP) is -0.0288. The Morgan fingerprint density at radius 3 is 2.72 bits per heavy atom. The van der Waals surface area contributed by atoms with Crippen molar-refractivity contribution in [1.29, 1.82) is 0 Å². The molecule has 0 saturated carbocycles. The summed E-state index contributed by atoms with van der Waals surface area (Å²) < 4.78 is 5.33. The van der Waals surface area contributed by atoms with E-state index in [2.05, 4.69) is 0 Å². The van der Waals surface area contributed by atoms with Crippen LogP contribution in [0.5, 0.6) is 0 Å². The van der Waals surface area contributed by atoms with Crippen LogP contribution in [0, 0.1) is 11.3 Å². The topological polar surface area (TPSA) is 75.8 Å². The van der Waals surface area contributed by atoms with Crippen LogP contribution in [-0.2, 0) is 9.53 Å². The number of aliphatic hydroxyl groups is 1. The summed E-state index contributed by atoms with van der Waals surface area (Å²) in [5, 5.41) is 9.90. The summed E-state index contributed by atoms with van der Waals surface area (Å²) in [5.41, 5.74) is 5.38. The van der Waals surface area contributed by atoms with Gasteiger partial charge < -0.3 is 20.5 Å². The molecule has 5 nitrogen and oxygen atoms in total. The second-order valence-electron chi connectivity index (χ2n) is 5.68. The predicted molar refractivity (Wildman–Crippen MR) is 67.9 cm³/mol. The van der Waals surface area contributed by atoms with Crippen molar-refractivity contribution >= 4 is 5.91 Å². The average molecular weight is 256 g/mol. The van der Waals surface area contributed by atoms with E-state index in [0.29, 0.717) is 39.1 Å². The van der Waals surface area contributed by atoms with Gasteiger partial charge in [0.05, 0.1) is 11.5 Å². The van der Waals surface area contributed by atoms with Crippen LogP contribution in [0.15, 0.2) is 0 Å². The van der Waals surface area contributed by atoms with Crippen molar-refractivity contribution in [3.05, 3.63) is 0 Å². The molecule has 2 aliphatic heterocycles. The van der Waals surface area contributed by atoms with Crippen LogP contribution in [0.2, 0.25) is 0 Å². The molecule has 18 heavy (non-hydrogen) atoms. The lowest BCUT2D eigenvalue weighted by Crippen LogP contribution is -2.55. The smallest absolute Gasteiger partial charge is 0.230 e. The Hall–Kier alpha value is -0.650. The van der Waals surface area contributed by atoms with Gasteiger partial charge in [-0.25, -0.2) is 0 Å². The molecule has 2 unspecified atom stereocenters. The third-order valence-electron chi connectivity index (χ3n) is 4.50. The Labute approximate surface area is 108 Å². The molecule has 0 aromatic carbocycles. The quantitative estimate of drug-likeness (QED) is 0.727. The van der Waals surface area contributed by atoms with E-state index in [0.717, 1.165) is 13.0 Å². The van der Waals surface area contributed by atoms with Gasteiger partial charge in [-0.2, -0.15) is 0 Å². The Bertz CT molecular complexity index is 303. The van der Waals surface area contributed by atoms with E-state index in [1.165, 1.54) is 0 Å². The highest BCUT2D eigenvalue weighted by Gasteiger charge is 2.42. The largest absolute Gasteiger partial charge is 0.391 e. The van der Waals surface area contributed by atoms with Crippen LogP contribution >= 0.6 is 0 Å². The standard InChI is InChI=1S/C13H24N2O3/c1-10-2-5-15(8-11(10)16)12(17)13(9-14)3-6-18-7-4-13/h10-11,16H,2-9,14H2,1H3. The molecule has 2 rings (SSSR count). The van der Waals surface area contributed by atoms with Crippen molar-refractivity contribution in [3.8, 4) is 0 Å². The number of amides is 1. The number of nitrogens with zero attached hydrogens (tertiary/aromatic N) is 1. The first-order valence-electron chi connectivity index (χ1n) is 6.84. The first kappa shape index (κ1) is 13.8. The SMILES string of the molecule is CC1CCN(C(=O)C2(CN)CCOCC2)CC1O. The number of piperidine rings is 1. The third-order valence-corrected chi connectivity index (χ3v) is 4.50. The Morgan fingerprint density at radius 1 is 1.50 bits per heavy atom. The monoisotopic (exact) mass is 256 g/mol. The number of aliphatic hydroxyl groups excluding tert-OH is 1. The molecule has 2 heterocycles. The van der Waals surface area contributed by atoms with Crippen LogP contribution < -0.4 is 5.73 Å². The van der Waals surface area contributed by atoms with Crippen LogP contribution in [-0.4, -0.2) is 54.9 Å². The van der Waals surface area contributed by atoms with E-state index in [1.54, 1.807) is 4.90 Å². The Kier molecular flexibility index (Phi) is 4.25.